The van der Waals surface area contributed by atoms with Crippen LogP contribution in [0.1, 0.15) is 17.0 Å². The number of para-hydroxylation sites is 1. The van der Waals surface area contributed by atoms with Gasteiger partial charge < -0.3 is 19.7 Å². The number of aromatic nitrogens is 2. The zero-order chi connectivity index (χ0) is 15.1. The molecule has 0 aliphatic rings. The number of nitrogens with zero attached hydrogens (tertiary/aromatic N) is 2. The summed E-state index contributed by atoms with van der Waals surface area (Å²) >= 11 is 0. The van der Waals surface area contributed by atoms with Gasteiger partial charge >= 0.3 is 0 Å². The van der Waals surface area contributed by atoms with Crippen molar-refractivity contribution in [2.24, 2.45) is 0 Å². The average Bonchev–Trinajstić information content (AvgIpc) is 2.96. The van der Waals surface area contributed by atoms with Crippen LogP contribution >= 0.6 is 0 Å². The molecule has 0 aliphatic carbocycles. The number of ether oxygens (including phenoxy) is 1. The molecule has 0 aliphatic heterocycles. The zero-order valence-electron chi connectivity index (χ0n) is 12.4. The third-order valence-corrected chi connectivity index (χ3v) is 3.14. The second-order valence-electron chi connectivity index (χ2n) is 4.99. The lowest BCUT2D eigenvalue weighted by molar-refractivity contribution is 0.106. The van der Waals surface area contributed by atoms with Crippen molar-refractivity contribution in [2.45, 2.75) is 26.4 Å². The highest BCUT2D eigenvalue weighted by atomic mass is 16.5. The Morgan fingerprint density at radius 2 is 2.10 bits per heavy atom. The number of aryl methyl sites for hydroxylation is 2. The highest BCUT2D eigenvalue weighted by Crippen LogP contribution is 2.22. The number of aliphatic hydroxyl groups is 1. The highest BCUT2D eigenvalue weighted by molar-refractivity contribution is 5.39. The van der Waals surface area contributed by atoms with E-state index in [4.69, 9.17) is 4.74 Å². The van der Waals surface area contributed by atoms with Gasteiger partial charge in [-0.2, -0.15) is 4.98 Å². The number of hydrogen-bond acceptors (Lipinski definition) is 6. The highest BCUT2D eigenvalue weighted by Gasteiger charge is 2.08. The summed E-state index contributed by atoms with van der Waals surface area (Å²) in [7, 11) is 0. The van der Waals surface area contributed by atoms with Gasteiger partial charge in [-0.1, -0.05) is 23.4 Å². The smallest absolute Gasteiger partial charge is 0.213 e. The van der Waals surface area contributed by atoms with Gasteiger partial charge in [0.1, 0.15) is 18.5 Å². The van der Waals surface area contributed by atoms with E-state index < -0.39 is 6.10 Å². The first-order valence-corrected chi connectivity index (χ1v) is 7.00. The van der Waals surface area contributed by atoms with Crippen LogP contribution in [-0.4, -0.2) is 41.0 Å². The first-order valence-electron chi connectivity index (χ1n) is 7.00. The first-order chi connectivity index (χ1) is 10.2. The molecule has 1 unspecified atom stereocenters. The fourth-order valence-electron chi connectivity index (χ4n) is 2.04. The molecule has 1 aromatic carbocycles. The lowest BCUT2D eigenvalue weighted by atomic mass is 10.1. The molecule has 2 rings (SSSR count). The van der Waals surface area contributed by atoms with Crippen LogP contribution in [-0.2, 0) is 6.42 Å². The summed E-state index contributed by atoms with van der Waals surface area (Å²) in [6.07, 6.45) is 1.41. The molecule has 6 heteroatoms. The lowest BCUT2D eigenvalue weighted by Gasteiger charge is -2.16. The molecular weight excluding hydrogens is 270 g/mol. The van der Waals surface area contributed by atoms with Crippen LogP contribution in [0.15, 0.2) is 29.1 Å². The van der Waals surface area contributed by atoms with Crippen LogP contribution in [0.2, 0.25) is 0 Å². The van der Waals surface area contributed by atoms with Crippen molar-refractivity contribution in [3.05, 3.63) is 41.5 Å². The fourth-order valence-corrected chi connectivity index (χ4v) is 2.04. The molecule has 1 atom stereocenters. The molecule has 0 bridgehead atoms. The molecule has 1 heterocycles. The van der Waals surface area contributed by atoms with Crippen molar-refractivity contribution in [1.82, 2.24) is 15.5 Å². The predicted octanol–water partition coefficient (Wildman–Crippen LogP) is 1.26. The number of benzene rings is 1. The van der Waals surface area contributed by atoms with E-state index in [1.807, 2.05) is 32.0 Å². The van der Waals surface area contributed by atoms with Crippen molar-refractivity contribution < 1.29 is 14.4 Å². The van der Waals surface area contributed by atoms with Gasteiger partial charge in [0.25, 0.3) is 0 Å². The molecule has 1 aromatic heterocycles. The van der Waals surface area contributed by atoms with Crippen LogP contribution < -0.4 is 10.1 Å². The number of nitrogens with one attached hydrogen (secondary N) is 1. The Morgan fingerprint density at radius 1 is 1.33 bits per heavy atom. The molecule has 2 aromatic rings. The summed E-state index contributed by atoms with van der Waals surface area (Å²) in [6.45, 7) is 5.40. The van der Waals surface area contributed by atoms with E-state index in [9.17, 15) is 5.11 Å². The first kappa shape index (κ1) is 15.5. The molecule has 21 heavy (non-hydrogen) atoms. The van der Waals surface area contributed by atoms with E-state index in [1.54, 1.807) is 0 Å². The largest absolute Gasteiger partial charge is 0.490 e. The Balaban J connectivity index is 1.66. The maximum Gasteiger partial charge on any atom is 0.213 e. The number of aliphatic hydroxyl groups excluding tert-OH is 1. The van der Waals surface area contributed by atoms with Gasteiger partial charge in [0, 0.05) is 19.5 Å². The van der Waals surface area contributed by atoms with E-state index in [-0.39, 0.29) is 6.61 Å². The molecular formula is C15H21N3O3. The van der Waals surface area contributed by atoms with Crippen LogP contribution in [0.5, 0.6) is 5.75 Å². The van der Waals surface area contributed by atoms with Crippen molar-refractivity contribution in [1.29, 1.82) is 0 Å². The summed E-state index contributed by atoms with van der Waals surface area (Å²) < 4.78 is 10.3. The minimum Gasteiger partial charge on any atom is -0.490 e. The van der Waals surface area contributed by atoms with Gasteiger partial charge in [-0.05, 0) is 25.0 Å². The zero-order valence-corrected chi connectivity index (χ0v) is 12.4. The van der Waals surface area contributed by atoms with Gasteiger partial charge in [0.2, 0.25) is 6.39 Å². The van der Waals surface area contributed by atoms with Crippen LogP contribution in [0, 0.1) is 13.8 Å². The molecule has 0 radical (unpaired) electrons. The molecule has 0 fully saturated rings. The average molecular weight is 291 g/mol. The maximum atomic E-state index is 9.91. The second-order valence-corrected chi connectivity index (χ2v) is 4.99. The summed E-state index contributed by atoms with van der Waals surface area (Å²) in [5.74, 6) is 1.51. The van der Waals surface area contributed by atoms with Crippen molar-refractivity contribution in [3.8, 4) is 5.75 Å². The molecule has 0 saturated carbocycles. The van der Waals surface area contributed by atoms with E-state index in [2.05, 4.69) is 20.0 Å². The van der Waals surface area contributed by atoms with Gasteiger partial charge in [0.15, 0.2) is 5.82 Å². The number of hydrogen-bond donors (Lipinski definition) is 2. The van der Waals surface area contributed by atoms with Crippen LogP contribution in [0.4, 0.5) is 0 Å². The van der Waals surface area contributed by atoms with Gasteiger partial charge in [0.05, 0.1) is 0 Å². The summed E-state index contributed by atoms with van der Waals surface area (Å²) in [5.41, 5.74) is 2.15. The Kier molecular flexibility index (Phi) is 5.71. The van der Waals surface area contributed by atoms with Crippen molar-refractivity contribution in [2.75, 3.05) is 19.7 Å². The van der Waals surface area contributed by atoms with E-state index in [0.717, 1.165) is 16.9 Å². The van der Waals surface area contributed by atoms with E-state index >= 15 is 0 Å². The molecule has 6 nitrogen and oxygen atoms in total. The van der Waals surface area contributed by atoms with Crippen molar-refractivity contribution >= 4 is 0 Å². The molecule has 0 amide bonds. The third-order valence-electron chi connectivity index (χ3n) is 3.14. The summed E-state index contributed by atoms with van der Waals surface area (Å²) in [6, 6.07) is 5.99. The molecule has 0 spiro atoms. The molecule has 114 valence electrons. The normalized spacial score (nSPS) is 12.3. The predicted molar refractivity (Wildman–Crippen MR) is 78.3 cm³/mol. The van der Waals surface area contributed by atoms with Crippen LogP contribution in [0.3, 0.4) is 0 Å². The monoisotopic (exact) mass is 291 g/mol. The van der Waals surface area contributed by atoms with Gasteiger partial charge in [-0.3, -0.25) is 0 Å². The minimum atomic E-state index is -0.561. The van der Waals surface area contributed by atoms with Crippen LogP contribution in [0.25, 0.3) is 0 Å². The minimum absolute atomic E-state index is 0.265. The van der Waals surface area contributed by atoms with Gasteiger partial charge in [-0.25, -0.2) is 0 Å². The van der Waals surface area contributed by atoms with E-state index in [1.165, 1.54) is 6.39 Å². The summed E-state index contributed by atoms with van der Waals surface area (Å²) in [4.78, 5) is 3.92. The Morgan fingerprint density at radius 3 is 2.76 bits per heavy atom. The Hall–Kier alpha value is -1.92. The number of rotatable bonds is 8. The molecule has 0 saturated heterocycles. The molecule has 2 N–H and O–H groups in total. The maximum absolute atomic E-state index is 9.91. The van der Waals surface area contributed by atoms with Crippen molar-refractivity contribution in [3.63, 3.8) is 0 Å². The summed E-state index contributed by atoms with van der Waals surface area (Å²) in [5, 5.41) is 16.8. The quantitative estimate of drug-likeness (QED) is 0.713. The second kappa shape index (κ2) is 7.75. The lowest BCUT2D eigenvalue weighted by Crippen LogP contribution is -2.32. The SMILES string of the molecule is Cc1cccc(C)c1OCC(O)CNCCc1ncon1. The van der Waals surface area contributed by atoms with Gasteiger partial charge in [-0.15, -0.1) is 0 Å². The fraction of sp³-hybridized carbons (Fsp3) is 0.467. The van der Waals surface area contributed by atoms with E-state index in [0.29, 0.717) is 25.3 Å². The Labute approximate surface area is 124 Å². The topological polar surface area (TPSA) is 80.4 Å². The third kappa shape index (κ3) is 4.84. The Bertz CT molecular complexity index is 523. The standard InChI is InChI=1S/C15H21N3O3/c1-11-4-3-5-12(2)15(11)20-9-13(19)8-16-7-6-14-17-10-21-18-14/h3-5,10,13,16,19H,6-9H2,1-2H3.